The summed E-state index contributed by atoms with van der Waals surface area (Å²) in [4.78, 5) is 13.1. The number of carboxylic acid groups (broad SMARTS) is 1. The highest BCUT2D eigenvalue weighted by Crippen LogP contribution is 2.37. The third-order valence-corrected chi connectivity index (χ3v) is 4.89. The summed E-state index contributed by atoms with van der Waals surface area (Å²) in [5, 5.41) is 8.67. The molecule has 3 nitrogen and oxygen atoms in total. The minimum atomic E-state index is -0.903. The number of anilines is 1. The van der Waals surface area contributed by atoms with Gasteiger partial charge in [-0.1, -0.05) is 25.0 Å². The molecule has 2 atom stereocenters. The Labute approximate surface area is 126 Å². The molecule has 0 radical (unpaired) electrons. The molecule has 0 amide bonds. The van der Waals surface area contributed by atoms with Crippen molar-refractivity contribution in [1.82, 2.24) is 0 Å². The molecular formula is C18H23NO2. The van der Waals surface area contributed by atoms with E-state index in [9.17, 15) is 4.79 Å². The second-order valence-electron chi connectivity index (χ2n) is 6.21. The van der Waals surface area contributed by atoms with Crippen molar-refractivity contribution >= 4 is 17.7 Å². The Morgan fingerprint density at radius 3 is 2.57 bits per heavy atom. The van der Waals surface area contributed by atoms with Gasteiger partial charge in [0.25, 0.3) is 0 Å². The van der Waals surface area contributed by atoms with Gasteiger partial charge in [-0.25, -0.2) is 4.79 Å². The quantitative estimate of drug-likeness (QED) is 0.855. The van der Waals surface area contributed by atoms with Crippen molar-refractivity contribution in [3.8, 4) is 0 Å². The summed E-state index contributed by atoms with van der Waals surface area (Å²) in [6.45, 7) is 1.16. The van der Waals surface area contributed by atoms with Crippen molar-refractivity contribution < 1.29 is 9.90 Å². The molecule has 2 aliphatic rings. The molecule has 3 heteroatoms. The fourth-order valence-electron chi connectivity index (χ4n) is 3.89. The predicted octanol–water partition coefficient (Wildman–Crippen LogP) is 3.94. The van der Waals surface area contributed by atoms with Gasteiger partial charge in [-0.05, 0) is 55.4 Å². The molecule has 21 heavy (non-hydrogen) atoms. The average molecular weight is 285 g/mol. The topological polar surface area (TPSA) is 40.5 Å². The fraction of sp³-hybridized carbons (Fsp3) is 0.500. The molecule has 1 aromatic carbocycles. The van der Waals surface area contributed by atoms with Crippen molar-refractivity contribution in [3.63, 3.8) is 0 Å². The zero-order valence-electron chi connectivity index (χ0n) is 12.4. The monoisotopic (exact) mass is 285 g/mol. The van der Waals surface area contributed by atoms with E-state index < -0.39 is 5.97 Å². The smallest absolute Gasteiger partial charge is 0.328 e. The van der Waals surface area contributed by atoms with E-state index in [-0.39, 0.29) is 0 Å². The van der Waals surface area contributed by atoms with Crippen LogP contribution in [0.15, 0.2) is 30.3 Å². The van der Waals surface area contributed by atoms with Crippen LogP contribution in [-0.2, 0) is 4.79 Å². The van der Waals surface area contributed by atoms with Crippen LogP contribution in [0.3, 0.4) is 0 Å². The van der Waals surface area contributed by atoms with Gasteiger partial charge >= 0.3 is 5.97 Å². The van der Waals surface area contributed by atoms with Gasteiger partial charge in [0, 0.05) is 24.4 Å². The second kappa shape index (κ2) is 6.33. The molecule has 112 valence electrons. The molecule has 1 aliphatic heterocycles. The molecular weight excluding hydrogens is 262 g/mol. The summed E-state index contributed by atoms with van der Waals surface area (Å²) < 4.78 is 0. The molecule has 0 aromatic heterocycles. The van der Waals surface area contributed by atoms with Crippen LogP contribution in [0.2, 0.25) is 0 Å². The number of piperidine rings is 1. The van der Waals surface area contributed by atoms with E-state index in [0.717, 1.165) is 18.0 Å². The van der Waals surface area contributed by atoms with Crippen LogP contribution in [-0.4, -0.2) is 23.7 Å². The van der Waals surface area contributed by atoms with E-state index in [1.165, 1.54) is 50.3 Å². The summed E-state index contributed by atoms with van der Waals surface area (Å²) in [7, 11) is 0. The normalized spacial score (nSPS) is 25.8. The van der Waals surface area contributed by atoms with Gasteiger partial charge in [0.05, 0.1) is 0 Å². The number of rotatable bonds is 3. The first-order valence-electron chi connectivity index (χ1n) is 8.02. The third-order valence-electron chi connectivity index (χ3n) is 4.89. The maximum absolute atomic E-state index is 10.5. The Morgan fingerprint density at radius 1 is 1.10 bits per heavy atom. The van der Waals surface area contributed by atoms with E-state index >= 15 is 0 Å². The van der Waals surface area contributed by atoms with Crippen LogP contribution in [0, 0.1) is 5.92 Å². The van der Waals surface area contributed by atoms with E-state index in [2.05, 4.69) is 17.0 Å². The van der Waals surface area contributed by atoms with Gasteiger partial charge in [-0.15, -0.1) is 0 Å². The molecule has 2 fully saturated rings. The number of aliphatic carboxylic acids is 1. The lowest BCUT2D eigenvalue weighted by atomic mass is 9.78. The summed E-state index contributed by atoms with van der Waals surface area (Å²) in [6, 6.07) is 9.02. The predicted molar refractivity (Wildman–Crippen MR) is 85.4 cm³/mol. The van der Waals surface area contributed by atoms with Gasteiger partial charge in [-0.2, -0.15) is 0 Å². The third kappa shape index (κ3) is 3.29. The average Bonchev–Trinajstić information content (AvgIpc) is 2.53. The lowest BCUT2D eigenvalue weighted by molar-refractivity contribution is -0.131. The van der Waals surface area contributed by atoms with E-state index in [1.54, 1.807) is 6.08 Å². The standard InChI is InChI=1S/C18H23NO2/c20-18(21)12-9-14-7-10-16(11-8-14)19-13-3-5-15-4-1-2-6-17(15)19/h7-12,15,17H,1-6,13H2,(H,20,21)/b12-9+/t15-,17-/m1/s1. The number of nitrogens with zero attached hydrogens (tertiary/aromatic N) is 1. The maximum Gasteiger partial charge on any atom is 0.328 e. The van der Waals surface area contributed by atoms with Crippen molar-refractivity contribution in [3.05, 3.63) is 35.9 Å². The number of fused-ring (bicyclic) bond motifs is 1. The maximum atomic E-state index is 10.5. The van der Waals surface area contributed by atoms with Gasteiger partial charge in [0.15, 0.2) is 0 Å². The Balaban J connectivity index is 1.75. The van der Waals surface area contributed by atoms with Gasteiger partial charge < -0.3 is 10.0 Å². The first-order valence-corrected chi connectivity index (χ1v) is 8.02. The summed E-state index contributed by atoms with van der Waals surface area (Å²) in [5.41, 5.74) is 2.23. The van der Waals surface area contributed by atoms with E-state index in [1.807, 2.05) is 12.1 Å². The SMILES string of the molecule is O=C(O)/C=C/c1ccc(N2CCC[C@H]3CCCC[C@H]32)cc1. The molecule has 1 saturated carbocycles. The van der Waals surface area contributed by atoms with Crippen LogP contribution in [0.1, 0.15) is 44.1 Å². The van der Waals surface area contributed by atoms with Crippen molar-refractivity contribution in [1.29, 1.82) is 0 Å². The zero-order valence-corrected chi connectivity index (χ0v) is 12.4. The zero-order chi connectivity index (χ0) is 14.7. The fourth-order valence-corrected chi connectivity index (χ4v) is 3.89. The summed E-state index contributed by atoms with van der Waals surface area (Å²) in [5.74, 6) is -0.0285. The Bertz CT molecular complexity index is 519. The number of carboxylic acids is 1. The summed E-state index contributed by atoms with van der Waals surface area (Å²) in [6.07, 6.45) is 11.0. The highest BCUT2D eigenvalue weighted by molar-refractivity contribution is 5.85. The number of hydrogen-bond acceptors (Lipinski definition) is 2. The minimum Gasteiger partial charge on any atom is -0.478 e. The Hall–Kier alpha value is -1.77. The van der Waals surface area contributed by atoms with E-state index in [4.69, 9.17) is 5.11 Å². The molecule has 1 saturated heterocycles. The van der Waals surface area contributed by atoms with Crippen LogP contribution in [0.5, 0.6) is 0 Å². The van der Waals surface area contributed by atoms with Crippen molar-refractivity contribution in [2.24, 2.45) is 5.92 Å². The first kappa shape index (κ1) is 14.2. The lowest BCUT2D eigenvalue weighted by Crippen LogP contribution is -2.46. The molecule has 0 spiro atoms. The number of carbonyl (C=O) groups is 1. The van der Waals surface area contributed by atoms with Crippen LogP contribution in [0.4, 0.5) is 5.69 Å². The minimum absolute atomic E-state index is 0.716. The summed E-state index contributed by atoms with van der Waals surface area (Å²) >= 11 is 0. The molecule has 1 N–H and O–H groups in total. The van der Waals surface area contributed by atoms with Gasteiger partial charge in [0.2, 0.25) is 0 Å². The first-order chi connectivity index (χ1) is 10.2. The van der Waals surface area contributed by atoms with Gasteiger partial charge in [-0.3, -0.25) is 0 Å². The van der Waals surface area contributed by atoms with Crippen LogP contribution < -0.4 is 4.90 Å². The largest absolute Gasteiger partial charge is 0.478 e. The van der Waals surface area contributed by atoms with Crippen molar-refractivity contribution in [2.45, 2.75) is 44.6 Å². The molecule has 1 heterocycles. The van der Waals surface area contributed by atoms with Crippen molar-refractivity contribution in [2.75, 3.05) is 11.4 Å². The van der Waals surface area contributed by atoms with E-state index in [0.29, 0.717) is 6.04 Å². The Morgan fingerprint density at radius 2 is 1.81 bits per heavy atom. The second-order valence-corrected chi connectivity index (χ2v) is 6.21. The lowest BCUT2D eigenvalue weighted by Gasteiger charge is -2.45. The molecule has 1 aliphatic carbocycles. The molecule has 0 unspecified atom stereocenters. The van der Waals surface area contributed by atoms with Gasteiger partial charge in [0.1, 0.15) is 0 Å². The van der Waals surface area contributed by atoms with Crippen LogP contribution >= 0.6 is 0 Å². The molecule has 1 aromatic rings. The highest BCUT2D eigenvalue weighted by Gasteiger charge is 2.33. The molecule has 3 rings (SSSR count). The number of benzene rings is 1. The Kier molecular flexibility index (Phi) is 4.28. The number of hydrogen-bond donors (Lipinski definition) is 1. The molecule has 0 bridgehead atoms. The van der Waals surface area contributed by atoms with Crippen LogP contribution in [0.25, 0.3) is 6.08 Å². The highest BCUT2D eigenvalue weighted by atomic mass is 16.4.